The molecule has 0 unspecified atom stereocenters. The summed E-state index contributed by atoms with van der Waals surface area (Å²) in [5.74, 6) is 0. The SMILES string of the molecule is O=c1c2cccnc2c(-c2cccc([N+](=O)[O-])c2)nn1Cc1cccnc1. The van der Waals surface area contributed by atoms with E-state index in [0.717, 1.165) is 5.56 Å². The summed E-state index contributed by atoms with van der Waals surface area (Å²) < 4.78 is 1.33. The Morgan fingerprint density at radius 3 is 2.70 bits per heavy atom. The van der Waals surface area contributed by atoms with Crippen molar-refractivity contribution in [2.75, 3.05) is 0 Å². The van der Waals surface area contributed by atoms with E-state index in [0.29, 0.717) is 22.2 Å². The van der Waals surface area contributed by atoms with Crippen molar-refractivity contribution in [2.45, 2.75) is 6.54 Å². The summed E-state index contributed by atoms with van der Waals surface area (Å²) >= 11 is 0. The molecule has 8 nitrogen and oxygen atoms in total. The molecule has 0 N–H and O–H groups in total. The van der Waals surface area contributed by atoms with E-state index in [4.69, 9.17) is 0 Å². The number of fused-ring (bicyclic) bond motifs is 1. The minimum absolute atomic E-state index is 0.0524. The van der Waals surface area contributed by atoms with Crippen molar-refractivity contribution in [3.8, 4) is 11.3 Å². The highest BCUT2D eigenvalue weighted by Gasteiger charge is 2.16. The maximum atomic E-state index is 12.8. The first-order valence-corrected chi connectivity index (χ1v) is 8.13. The molecule has 132 valence electrons. The number of hydrogen-bond acceptors (Lipinski definition) is 6. The molecule has 27 heavy (non-hydrogen) atoms. The third-order valence-electron chi connectivity index (χ3n) is 4.10. The summed E-state index contributed by atoms with van der Waals surface area (Å²) in [4.78, 5) is 31.8. The van der Waals surface area contributed by atoms with E-state index in [9.17, 15) is 14.9 Å². The van der Waals surface area contributed by atoms with Crippen LogP contribution in [-0.2, 0) is 6.54 Å². The molecular weight excluding hydrogens is 346 g/mol. The van der Waals surface area contributed by atoms with Gasteiger partial charge in [-0.25, -0.2) is 4.68 Å². The Morgan fingerprint density at radius 2 is 1.93 bits per heavy atom. The monoisotopic (exact) mass is 359 g/mol. The Labute approximate surface area is 152 Å². The van der Waals surface area contributed by atoms with Crippen molar-refractivity contribution in [1.29, 1.82) is 0 Å². The van der Waals surface area contributed by atoms with Gasteiger partial charge >= 0.3 is 0 Å². The maximum absolute atomic E-state index is 12.8. The fourth-order valence-corrected chi connectivity index (χ4v) is 2.85. The van der Waals surface area contributed by atoms with Gasteiger partial charge in [-0.2, -0.15) is 5.10 Å². The number of non-ortho nitro benzene ring substituents is 1. The van der Waals surface area contributed by atoms with Gasteiger partial charge in [0.25, 0.3) is 11.2 Å². The normalized spacial score (nSPS) is 10.8. The summed E-state index contributed by atoms with van der Waals surface area (Å²) in [5, 5.41) is 16.0. The molecule has 0 saturated heterocycles. The number of aromatic nitrogens is 4. The number of rotatable bonds is 4. The molecule has 3 aromatic heterocycles. The van der Waals surface area contributed by atoms with Gasteiger partial charge in [0.05, 0.1) is 16.9 Å². The summed E-state index contributed by atoms with van der Waals surface area (Å²) in [6.07, 6.45) is 4.88. The number of nitro groups is 1. The minimum atomic E-state index is -0.467. The number of nitrogens with zero attached hydrogens (tertiary/aromatic N) is 5. The average molecular weight is 359 g/mol. The van der Waals surface area contributed by atoms with Crippen LogP contribution in [-0.4, -0.2) is 24.7 Å². The van der Waals surface area contributed by atoms with Crippen LogP contribution >= 0.6 is 0 Å². The molecule has 0 radical (unpaired) electrons. The smallest absolute Gasteiger partial charge is 0.267 e. The molecule has 8 heteroatoms. The lowest BCUT2D eigenvalue weighted by molar-refractivity contribution is -0.384. The van der Waals surface area contributed by atoms with E-state index in [1.54, 1.807) is 48.9 Å². The average Bonchev–Trinajstić information content (AvgIpc) is 2.71. The van der Waals surface area contributed by atoms with Crippen LogP contribution in [0.4, 0.5) is 5.69 Å². The fraction of sp³-hybridized carbons (Fsp3) is 0.0526. The third kappa shape index (κ3) is 3.15. The molecule has 0 aliphatic rings. The quantitative estimate of drug-likeness (QED) is 0.410. The molecule has 0 aliphatic heterocycles. The molecule has 3 heterocycles. The van der Waals surface area contributed by atoms with Crippen LogP contribution in [0.1, 0.15) is 5.56 Å². The van der Waals surface area contributed by atoms with Gasteiger partial charge < -0.3 is 0 Å². The first-order valence-electron chi connectivity index (χ1n) is 8.13. The number of benzene rings is 1. The van der Waals surface area contributed by atoms with E-state index in [1.165, 1.54) is 16.8 Å². The molecule has 0 bridgehead atoms. The van der Waals surface area contributed by atoms with Crippen LogP contribution in [0.2, 0.25) is 0 Å². The molecular formula is C19H13N5O3. The van der Waals surface area contributed by atoms with Crippen LogP contribution < -0.4 is 5.56 Å². The maximum Gasteiger partial charge on any atom is 0.276 e. The van der Waals surface area contributed by atoms with Crippen LogP contribution in [0.5, 0.6) is 0 Å². The summed E-state index contributed by atoms with van der Waals surface area (Å²) in [6, 6.07) is 13.1. The Balaban J connectivity index is 1.94. The molecule has 0 atom stereocenters. The van der Waals surface area contributed by atoms with Crippen LogP contribution in [0.3, 0.4) is 0 Å². The second-order valence-corrected chi connectivity index (χ2v) is 5.88. The highest BCUT2D eigenvalue weighted by molar-refractivity contribution is 5.90. The van der Waals surface area contributed by atoms with Gasteiger partial charge in [-0.05, 0) is 23.8 Å². The zero-order chi connectivity index (χ0) is 18.8. The molecule has 4 aromatic rings. The van der Waals surface area contributed by atoms with Crippen molar-refractivity contribution >= 4 is 16.6 Å². The zero-order valence-electron chi connectivity index (χ0n) is 14.0. The second kappa shape index (κ2) is 6.75. The molecule has 0 saturated carbocycles. The van der Waals surface area contributed by atoms with Gasteiger partial charge in [-0.1, -0.05) is 18.2 Å². The van der Waals surface area contributed by atoms with Gasteiger partial charge in [0.2, 0.25) is 0 Å². The predicted molar refractivity (Wildman–Crippen MR) is 99.2 cm³/mol. The highest BCUT2D eigenvalue weighted by Crippen LogP contribution is 2.26. The molecule has 0 aliphatic carbocycles. The van der Waals surface area contributed by atoms with E-state index >= 15 is 0 Å². The van der Waals surface area contributed by atoms with E-state index in [-0.39, 0.29) is 17.8 Å². The standard InChI is InChI=1S/C19H13N5O3/c25-19-16-7-3-9-21-18(16)17(14-5-1-6-15(10-14)24(26)27)22-23(19)12-13-4-2-8-20-11-13/h1-11H,12H2. The van der Waals surface area contributed by atoms with Gasteiger partial charge in [0.15, 0.2) is 0 Å². The highest BCUT2D eigenvalue weighted by atomic mass is 16.6. The number of pyridine rings is 2. The Bertz CT molecular complexity index is 1200. The predicted octanol–water partition coefficient (Wildman–Crippen LogP) is 2.81. The summed E-state index contributed by atoms with van der Waals surface area (Å²) in [6.45, 7) is 0.236. The largest absolute Gasteiger partial charge is 0.276 e. The summed E-state index contributed by atoms with van der Waals surface area (Å²) in [7, 11) is 0. The third-order valence-corrected chi connectivity index (χ3v) is 4.10. The second-order valence-electron chi connectivity index (χ2n) is 5.88. The van der Waals surface area contributed by atoms with Gasteiger partial charge in [0, 0.05) is 36.3 Å². The minimum Gasteiger partial charge on any atom is -0.267 e. The van der Waals surface area contributed by atoms with Crippen molar-refractivity contribution in [3.63, 3.8) is 0 Å². The van der Waals surface area contributed by atoms with Crippen molar-refractivity contribution < 1.29 is 4.92 Å². The fourth-order valence-electron chi connectivity index (χ4n) is 2.85. The first-order chi connectivity index (χ1) is 13.1. The van der Waals surface area contributed by atoms with Crippen molar-refractivity contribution in [1.82, 2.24) is 19.7 Å². The lowest BCUT2D eigenvalue weighted by Crippen LogP contribution is -2.24. The molecule has 1 aromatic carbocycles. The van der Waals surface area contributed by atoms with Gasteiger partial charge in [0.1, 0.15) is 11.2 Å². The number of hydrogen-bond donors (Lipinski definition) is 0. The van der Waals surface area contributed by atoms with Crippen LogP contribution in [0, 0.1) is 10.1 Å². The van der Waals surface area contributed by atoms with Crippen LogP contribution in [0.15, 0.2) is 71.9 Å². The van der Waals surface area contributed by atoms with E-state index in [1.807, 2.05) is 6.07 Å². The first kappa shape index (κ1) is 16.5. The summed E-state index contributed by atoms with van der Waals surface area (Å²) in [5.41, 5.74) is 1.83. The lowest BCUT2D eigenvalue weighted by Gasteiger charge is -2.10. The van der Waals surface area contributed by atoms with Gasteiger partial charge in [-0.3, -0.25) is 24.9 Å². The molecule has 0 fully saturated rings. The Kier molecular flexibility index (Phi) is 4.13. The zero-order valence-corrected chi connectivity index (χ0v) is 14.0. The molecule has 4 rings (SSSR count). The van der Waals surface area contributed by atoms with E-state index in [2.05, 4.69) is 15.1 Å². The number of nitro benzene ring substituents is 1. The van der Waals surface area contributed by atoms with Crippen molar-refractivity contribution in [3.05, 3.63) is 93.2 Å². The Hall–Kier alpha value is -3.94. The van der Waals surface area contributed by atoms with E-state index < -0.39 is 4.92 Å². The van der Waals surface area contributed by atoms with Gasteiger partial charge in [-0.15, -0.1) is 0 Å². The topological polar surface area (TPSA) is 104 Å². The van der Waals surface area contributed by atoms with Crippen molar-refractivity contribution in [2.24, 2.45) is 0 Å². The lowest BCUT2D eigenvalue weighted by atomic mass is 10.1. The van der Waals surface area contributed by atoms with Crippen LogP contribution in [0.25, 0.3) is 22.2 Å². The molecule has 0 amide bonds. The molecule has 0 spiro atoms. The Morgan fingerprint density at radius 1 is 1.07 bits per heavy atom.